The monoisotopic (exact) mass is 1350 g/mol. The van der Waals surface area contributed by atoms with Crippen molar-refractivity contribution in [1.82, 2.24) is 0 Å². The molecule has 0 saturated heterocycles. The molecule has 6 nitrogen and oxygen atoms in total. The summed E-state index contributed by atoms with van der Waals surface area (Å²) in [5, 5.41) is 21.5. The predicted molar refractivity (Wildman–Crippen MR) is 427 cm³/mol. The zero-order valence-electron chi connectivity index (χ0n) is 60.0. The maximum atomic E-state index is 7.66. The fourth-order valence-corrected chi connectivity index (χ4v) is 19.1. The summed E-state index contributed by atoms with van der Waals surface area (Å²) >= 11 is 0. The third-order valence-electron chi connectivity index (χ3n) is 23.3. The van der Waals surface area contributed by atoms with Crippen molar-refractivity contribution in [1.29, 1.82) is 0 Å². The van der Waals surface area contributed by atoms with Crippen LogP contribution in [0, 0.1) is 17.8 Å². The third kappa shape index (κ3) is 12.6. The molecule has 12 aromatic rings. The molecule has 0 radical (unpaired) electrons. The molecule has 0 amide bonds. The zero-order valence-corrected chi connectivity index (χ0v) is 60.0. The SMILES string of the molecule is CC1=CC(C)C(c2ccccc2)(c2ccccc2)C(N)C1(c1ccccc1)c1ccccc1.CC1=CC(C)C(c2ccccc2)(c2ccccc2)C(N)C1(c1ccccc1)c1ccccc1.CC1=CC(C)C(c2ccccc2)(c2ccccc2)C(N)C1(c1ccccc1)c1ccccc1.OB(O)O. The van der Waals surface area contributed by atoms with Gasteiger partial charge in [0.15, 0.2) is 0 Å². The first-order valence-electron chi connectivity index (χ1n) is 36.1. The standard InChI is InChI=1S/3C32H31N.BH3O3/c3*1-24-23-25(2)32(28-19-11-5-12-20-28,29-21-13-6-14-22-29)30(33)31(24,26-15-7-3-8-16-26)27-17-9-4-10-18-27;2-1(3)4/h3*3-24,30H,33H2,1-2H3;2-4H. The highest BCUT2D eigenvalue weighted by Gasteiger charge is 2.61. The summed E-state index contributed by atoms with van der Waals surface area (Å²) in [7, 11) is -2.17. The molecule has 12 aromatic carbocycles. The van der Waals surface area contributed by atoms with Crippen molar-refractivity contribution in [3.8, 4) is 0 Å². The maximum absolute atomic E-state index is 7.66. The van der Waals surface area contributed by atoms with Crippen LogP contribution >= 0.6 is 0 Å². The van der Waals surface area contributed by atoms with Gasteiger partial charge in [-0.3, -0.25) is 0 Å². The molecule has 103 heavy (non-hydrogen) atoms. The van der Waals surface area contributed by atoms with Gasteiger partial charge in [0.2, 0.25) is 0 Å². The minimum atomic E-state index is -2.17. The van der Waals surface area contributed by atoms with E-state index in [4.69, 9.17) is 32.3 Å². The van der Waals surface area contributed by atoms with Crippen LogP contribution in [0.15, 0.2) is 399 Å². The Morgan fingerprint density at radius 3 is 0.437 bits per heavy atom. The van der Waals surface area contributed by atoms with E-state index in [9.17, 15) is 0 Å². The molecule has 516 valence electrons. The molecule has 0 fully saturated rings. The molecular formula is C96H96BN3O3. The highest BCUT2D eigenvalue weighted by Crippen LogP contribution is 2.60. The number of benzene rings is 12. The van der Waals surface area contributed by atoms with Crippen molar-refractivity contribution in [3.05, 3.63) is 466 Å². The molecule has 6 unspecified atom stereocenters. The maximum Gasteiger partial charge on any atom is 0.631 e. The molecule has 0 spiro atoms. The van der Waals surface area contributed by atoms with Crippen molar-refractivity contribution in [2.45, 2.75) is 92.2 Å². The second-order valence-corrected chi connectivity index (χ2v) is 28.1. The van der Waals surface area contributed by atoms with Crippen LogP contribution in [-0.4, -0.2) is 40.5 Å². The van der Waals surface area contributed by atoms with Crippen LogP contribution in [0.25, 0.3) is 0 Å². The van der Waals surface area contributed by atoms with Gasteiger partial charge >= 0.3 is 7.32 Å². The molecule has 0 heterocycles. The molecule has 0 bridgehead atoms. The number of hydrogen-bond acceptors (Lipinski definition) is 6. The van der Waals surface area contributed by atoms with E-state index in [1.54, 1.807) is 0 Å². The van der Waals surface area contributed by atoms with Gasteiger partial charge in [-0.1, -0.05) is 420 Å². The predicted octanol–water partition coefficient (Wildman–Crippen LogP) is 18.6. The van der Waals surface area contributed by atoms with Gasteiger partial charge in [0.25, 0.3) is 0 Å². The second-order valence-electron chi connectivity index (χ2n) is 28.1. The third-order valence-corrected chi connectivity index (χ3v) is 23.3. The first kappa shape index (κ1) is 72.5. The molecule has 3 aliphatic rings. The molecule has 0 aliphatic heterocycles. The van der Waals surface area contributed by atoms with Crippen molar-refractivity contribution in [3.63, 3.8) is 0 Å². The van der Waals surface area contributed by atoms with E-state index in [0.29, 0.717) is 0 Å². The largest absolute Gasteiger partial charge is 0.631 e. The fraction of sp³-hybridized carbons (Fsp3) is 0.188. The normalized spacial score (nSPS) is 20.7. The van der Waals surface area contributed by atoms with E-state index in [2.05, 4.69) is 424 Å². The molecular weight excluding hydrogens is 1250 g/mol. The van der Waals surface area contributed by atoms with Crippen molar-refractivity contribution in [2.24, 2.45) is 35.0 Å². The fourth-order valence-electron chi connectivity index (χ4n) is 19.1. The lowest BCUT2D eigenvalue weighted by molar-refractivity contribution is 0.242. The van der Waals surface area contributed by atoms with E-state index in [-0.39, 0.29) is 35.9 Å². The Morgan fingerprint density at radius 1 is 0.214 bits per heavy atom. The smallest absolute Gasteiger partial charge is 0.402 e. The molecule has 15 rings (SSSR count). The minimum Gasteiger partial charge on any atom is -0.402 e. The quantitative estimate of drug-likeness (QED) is 0.0532. The summed E-state index contributed by atoms with van der Waals surface area (Å²) in [5.41, 5.74) is 39.3. The van der Waals surface area contributed by atoms with E-state index < -0.39 is 39.8 Å². The zero-order chi connectivity index (χ0) is 72.2. The lowest BCUT2D eigenvalue weighted by Gasteiger charge is -2.57. The van der Waals surface area contributed by atoms with Crippen LogP contribution in [0.4, 0.5) is 0 Å². The van der Waals surface area contributed by atoms with Crippen molar-refractivity contribution >= 4 is 7.32 Å². The highest BCUT2D eigenvalue weighted by molar-refractivity contribution is 6.30. The van der Waals surface area contributed by atoms with Crippen molar-refractivity contribution in [2.75, 3.05) is 0 Å². The van der Waals surface area contributed by atoms with Crippen LogP contribution in [-0.2, 0) is 32.5 Å². The van der Waals surface area contributed by atoms with Crippen LogP contribution in [0.1, 0.15) is 108 Å². The topological polar surface area (TPSA) is 139 Å². The molecule has 9 N–H and O–H groups in total. The van der Waals surface area contributed by atoms with E-state index in [1.807, 2.05) is 0 Å². The van der Waals surface area contributed by atoms with Gasteiger partial charge < -0.3 is 32.3 Å². The average Bonchev–Trinajstić information content (AvgIpc) is 0.707. The Kier molecular flexibility index (Phi) is 22.2. The summed E-state index contributed by atoms with van der Waals surface area (Å²) < 4.78 is 0. The number of rotatable bonds is 12. The van der Waals surface area contributed by atoms with E-state index >= 15 is 0 Å². The van der Waals surface area contributed by atoms with Gasteiger partial charge in [-0.2, -0.15) is 0 Å². The summed E-state index contributed by atoms with van der Waals surface area (Å²) in [6.45, 7) is 13.7. The Balaban J connectivity index is 0.000000142. The minimum absolute atomic E-state index is 0.220. The van der Waals surface area contributed by atoms with Gasteiger partial charge in [-0.15, -0.1) is 0 Å². The number of hydrogen-bond donors (Lipinski definition) is 6. The molecule has 0 saturated carbocycles. The number of allylic oxidation sites excluding steroid dienone is 3. The highest BCUT2D eigenvalue weighted by atomic mass is 16.5. The van der Waals surface area contributed by atoms with Crippen LogP contribution < -0.4 is 17.2 Å². The van der Waals surface area contributed by atoms with E-state index in [0.717, 1.165) is 0 Å². The van der Waals surface area contributed by atoms with E-state index in [1.165, 1.54) is 83.5 Å². The molecule has 6 atom stereocenters. The van der Waals surface area contributed by atoms with Gasteiger partial charge in [0, 0.05) is 34.4 Å². The van der Waals surface area contributed by atoms with Gasteiger partial charge in [-0.05, 0) is 105 Å². The Bertz CT molecular complexity index is 4010. The summed E-state index contributed by atoms with van der Waals surface area (Å²) in [6.07, 6.45) is 7.38. The Morgan fingerprint density at radius 2 is 0.320 bits per heavy atom. The first-order chi connectivity index (χ1) is 50.1. The van der Waals surface area contributed by atoms with Gasteiger partial charge in [0.1, 0.15) is 0 Å². The lowest BCUT2D eigenvalue weighted by Crippen LogP contribution is -2.64. The summed E-state index contributed by atoms with van der Waals surface area (Å²) in [5.74, 6) is 0.661. The van der Waals surface area contributed by atoms with Crippen LogP contribution in [0.5, 0.6) is 0 Å². The average molecular weight is 1350 g/mol. The van der Waals surface area contributed by atoms with Crippen LogP contribution in [0.3, 0.4) is 0 Å². The van der Waals surface area contributed by atoms with Crippen LogP contribution in [0.2, 0.25) is 0 Å². The van der Waals surface area contributed by atoms with Gasteiger partial charge in [0.05, 0.1) is 16.2 Å². The Labute approximate surface area is 611 Å². The second kappa shape index (κ2) is 31.5. The van der Waals surface area contributed by atoms with Crippen molar-refractivity contribution < 1.29 is 15.1 Å². The first-order valence-corrected chi connectivity index (χ1v) is 36.1. The molecule has 0 aromatic heterocycles. The lowest BCUT2D eigenvalue weighted by atomic mass is 9.48. The Hall–Kier alpha value is -10.3. The molecule has 7 heteroatoms. The molecule has 3 aliphatic carbocycles. The van der Waals surface area contributed by atoms with Gasteiger partial charge in [-0.25, -0.2) is 0 Å². The summed E-state index contributed by atoms with van der Waals surface area (Å²) in [6, 6.07) is 129. The number of nitrogens with two attached hydrogens (primary N) is 3. The summed E-state index contributed by atoms with van der Waals surface area (Å²) in [4.78, 5) is 0.